The third-order valence-electron chi connectivity index (χ3n) is 13.5. The van der Waals surface area contributed by atoms with Crippen LogP contribution in [0.4, 0.5) is 0 Å². The van der Waals surface area contributed by atoms with Gasteiger partial charge in [-0.15, -0.1) is 0 Å². The quantitative estimate of drug-likeness (QED) is 0.322. The Balaban J connectivity index is 1.25. The van der Waals surface area contributed by atoms with Gasteiger partial charge in [0, 0.05) is 0 Å². The molecule has 4 nitrogen and oxygen atoms in total. The molecular formula is C37H55NO3. The van der Waals surface area contributed by atoms with E-state index in [4.69, 9.17) is 4.74 Å². The van der Waals surface area contributed by atoms with E-state index in [9.17, 15) is 15.2 Å². The van der Waals surface area contributed by atoms with Gasteiger partial charge in [-0.05, 0) is 149 Å². The first kappa shape index (κ1) is 30.6. The van der Waals surface area contributed by atoms with Gasteiger partial charge in [0.25, 0.3) is 0 Å². The maximum Gasteiger partial charge on any atom is 0.338 e. The maximum atomic E-state index is 12.9. The molecule has 0 heterocycles. The number of nitriles is 1. The number of hydrogen-bond acceptors (Lipinski definition) is 4. The first-order valence-electron chi connectivity index (χ1n) is 16.8. The molecule has 4 heteroatoms. The minimum Gasteiger partial charge on any atom is -0.457 e. The molecule has 4 fully saturated rings. The highest BCUT2D eigenvalue weighted by Crippen LogP contribution is 2.69. The molecule has 0 unspecified atom stereocenters. The van der Waals surface area contributed by atoms with Crippen molar-refractivity contribution in [2.75, 3.05) is 0 Å². The Morgan fingerprint density at radius 3 is 2.41 bits per heavy atom. The van der Waals surface area contributed by atoms with Gasteiger partial charge in [0.15, 0.2) is 0 Å². The van der Waals surface area contributed by atoms with Gasteiger partial charge in [-0.1, -0.05) is 45.9 Å². The number of fused-ring (bicyclic) bond motifs is 5. The molecule has 10 atom stereocenters. The molecule has 4 saturated carbocycles. The van der Waals surface area contributed by atoms with Gasteiger partial charge < -0.3 is 9.84 Å². The molecule has 0 spiro atoms. The lowest BCUT2D eigenvalue weighted by Gasteiger charge is -2.62. The van der Waals surface area contributed by atoms with Crippen LogP contribution in [0.15, 0.2) is 30.3 Å². The molecule has 4 aliphatic carbocycles. The highest BCUT2D eigenvalue weighted by molar-refractivity contribution is 5.89. The molecule has 1 aromatic carbocycles. The molecular weight excluding hydrogens is 506 g/mol. The summed E-state index contributed by atoms with van der Waals surface area (Å²) in [7, 11) is 0. The Morgan fingerprint density at radius 1 is 1.02 bits per heavy atom. The smallest absolute Gasteiger partial charge is 0.338 e. The standard InChI is InChI=1S/C37H55NO3/c1-7-37(40)22-21-35(5)27(23-37)14-15-28-30-17-16-29(36(30,6)20-19-31(28)35)25(2)13-18-32(34(3,4)24-38)41-33(39)26-11-9-8-10-12-26/h8-12,25,27-32,40H,7,13-23H2,1-6H3/t25-,27+,28+,29-,30+,31+,32+,35+,36-,37+/m1/s1. The third kappa shape index (κ3) is 5.50. The summed E-state index contributed by atoms with van der Waals surface area (Å²) < 4.78 is 6.01. The maximum absolute atomic E-state index is 12.9. The highest BCUT2D eigenvalue weighted by atomic mass is 16.5. The van der Waals surface area contributed by atoms with Crippen molar-refractivity contribution >= 4 is 5.97 Å². The Morgan fingerprint density at radius 2 is 1.73 bits per heavy atom. The Bertz CT molecular complexity index is 1120. The number of benzene rings is 1. The van der Waals surface area contributed by atoms with Crippen LogP contribution in [0.25, 0.3) is 0 Å². The molecule has 0 saturated heterocycles. The number of aliphatic hydroxyl groups is 1. The lowest BCUT2D eigenvalue weighted by atomic mass is 9.43. The number of esters is 1. The van der Waals surface area contributed by atoms with Crippen LogP contribution in [0.2, 0.25) is 0 Å². The second kappa shape index (κ2) is 11.3. The van der Waals surface area contributed by atoms with Crippen molar-refractivity contribution in [3.8, 4) is 6.07 Å². The van der Waals surface area contributed by atoms with Gasteiger partial charge in [-0.3, -0.25) is 0 Å². The predicted octanol–water partition coefficient (Wildman–Crippen LogP) is 8.98. The summed E-state index contributed by atoms with van der Waals surface area (Å²) in [6.07, 6.45) is 13.3. The molecule has 0 radical (unpaired) electrons. The summed E-state index contributed by atoms with van der Waals surface area (Å²) >= 11 is 0. The van der Waals surface area contributed by atoms with Crippen LogP contribution in [0.5, 0.6) is 0 Å². The van der Waals surface area contributed by atoms with Crippen molar-refractivity contribution in [3.63, 3.8) is 0 Å². The van der Waals surface area contributed by atoms with Gasteiger partial charge in [0.1, 0.15) is 6.10 Å². The largest absolute Gasteiger partial charge is 0.457 e. The first-order chi connectivity index (χ1) is 19.4. The van der Waals surface area contributed by atoms with E-state index in [1.807, 2.05) is 32.0 Å². The summed E-state index contributed by atoms with van der Waals surface area (Å²) in [6.45, 7) is 13.6. The van der Waals surface area contributed by atoms with Gasteiger partial charge in [-0.2, -0.15) is 5.26 Å². The lowest BCUT2D eigenvalue weighted by Crippen LogP contribution is -2.56. The molecule has 0 aliphatic heterocycles. The number of ether oxygens (including phenoxy) is 1. The number of hydrogen-bond donors (Lipinski definition) is 1. The average molecular weight is 562 g/mol. The predicted molar refractivity (Wildman–Crippen MR) is 164 cm³/mol. The average Bonchev–Trinajstić information content (AvgIpc) is 3.33. The molecule has 1 aromatic rings. The molecule has 0 amide bonds. The fourth-order valence-electron chi connectivity index (χ4n) is 10.6. The zero-order chi connectivity index (χ0) is 29.6. The topological polar surface area (TPSA) is 70.3 Å². The van der Waals surface area contributed by atoms with Crippen molar-refractivity contribution in [2.45, 2.75) is 130 Å². The monoisotopic (exact) mass is 561 g/mol. The van der Waals surface area contributed by atoms with Crippen LogP contribution >= 0.6 is 0 Å². The van der Waals surface area contributed by atoms with Crippen LogP contribution in [0.3, 0.4) is 0 Å². The molecule has 41 heavy (non-hydrogen) atoms. The van der Waals surface area contributed by atoms with E-state index in [2.05, 4.69) is 33.8 Å². The molecule has 4 aliphatic rings. The van der Waals surface area contributed by atoms with Crippen molar-refractivity contribution in [1.29, 1.82) is 5.26 Å². The fourth-order valence-corrected chi connectivity index (χ4v) is 10.6. The van der Waals surface area contributed by atoms with E-state index in [-0.39, 0.29) is 5.97 Å². The van der Waals surface area contributed by atoms with E-state index < -0.39 is 17.1 Å². The normalized spacial score (nSPS) is 39.9. The minimum atomic E-state index is -0.734. The summed E-state index contributed by atoms with van der Waals surface area (Å²) in [6, 6.07) is 11.6. The second-order valence-corrected chi connectivity index (χ2v) is 15.8. The zero-order valence-electron chi connectivity index (χ0n) is 26.6. The molecule has 5 rings (SSSR count). The summed E-state index contributed by atoms with van der Waals surface area (Å²) in [5.74, 6) is 4.02. The van der Waals surface area contributed by atoms with Crippen LogP contribution in [-0.4, -0.2) is 22.8 Å². The highest BCUT2D eigenvalue weighted by Gasteiger charge is 2.61. The molecule has 1 N–H and O–H groups in total. The SMILES string of the molecule is CC[C@]1(O)CC[C@@]2(C)[C@@H](CC[C@@H]3[C@@H]2CC[C@]2(C)[C@@H]([C@H](C)CC[C@H](OC(=O)c4ccccc4)C(C)(C)C#N)CC[C@@H]32)C1. The van der Waals surface area contributed by atoms with E-state index in [1.54, 1.807) is 12.1 Å². The van der Waals surface area contributed by atoms with Crippen LogP contribution in [-0.2, 0) is 4.74 Å². The zero-order valence-corrected chi connectivity index (χ0v) is 26.6. The summed E-state index contributed by atoms with van der Waals surface area (Å²) in [4.78, 5) is 12.9. The Labute approximate surface area is 249 Å². The summed E-state index contributed by atoms with van der Waals surface area (Å²) in [5.41, 5.74) is 0.157. The molecule has 226 valence electrons. The number of nitrogens with zero attached hydrogens (tertiary/aromatic N) is 1. The fraction of sp³-hybridized carbons (Fsp3) is 0.784. The Hall–Kier alpha value is -1.86. The van der Waals surface area contributed by atoms with E-state index in [0.717, 1.165) is 49.9 Å². The minimum absolute atomic E-state index is 0.332. The van der Waals surface area contributed by atoms with Crippen LogP contribution in [0, 0.1) is 63.1 Å². The lowest BCUT2D eigenvalue weighted by molar-refractivity contribution is -0.152. The van der Waals surface area contributed by atoms with Crippen LogP contribution < -0.4 is 0 Å². The van der Waals surface area contributed by atoms with Crippen LogP contribution in [0.1, 0.15) is 129 Å². The van der Waals surface area contributed by atoms with Gasteiger partial charge in [-0.25, -0.2) is 4.79 Å². The van der Waals surface area contributed by atoms with Crippen molar-refractivity contribution in [2.24, 2.45) is 51.8 Å². The van der Waals surface area contributed by atoms with Gasteiger partial charge >= 0.3 is 5.97 Å². The molecule has 0 bridgehead atoms. The second-order valence-electron chi connectivity index (χ2n) is 15.8. The molecule has 0 aromatic heterocycles. The van der Waals surface area contributed by atoms with Gasteiger partial charge in [0.05, 0.1) is 22.6 Å². The van der Waals surface area contributed by atoms with Gasteiger partial charge in [0.2, 0.25) is 0 Å². The Kier molecular flexibility index (Phi) is 8.45. The van der Waals surface area contributed by atoms with Crippen molar-refractivity contribution in [1.82, 2.24) is 0 Å². The van der Waals surface area contributed by atoms with Crippen molar-refractivity contribution < 1.29 is 14.6 Å². The van der Waals surface area contributed by atoms with Crippen molar-refractivity contribution in [3.05, 3.63) is 35.9 Å². The number of carbonyl (C=O) groups is 1. The number of carbonyl (C=O) groups excluding carboxylic acids is 1. The first-order valence-corrected chi connectivity index (χ1v) is 16.8. The van der Waals surface area contributed by atoms with E-state index in [1.165, 1.54) is 44.9 Å². The summed E-state index contributed by atoms with van der Waals surface area (Å²) in [5, 5.41) is 21.1. The van der Waals surface area contributed by atoms with E-state index >= 15 is 0 Å². The van der Waals surface area contributed by atoms with E-state index in [0.29, 0.717) is 34.1 Å². The number of rotatable bonds is 8. The third-order valence-corrected chi connectivity index (χ3v) is 13.5.